The Morgan fingerprint density at radius 2 is 1.26 bits per heavy atom. The lowest BCUT2D eigenvalue weighted by Gasteiger charge is -2.05. The van der Waals surface area contributed by atoms with Crippen LogP contribution in [0.2, 0.25) is 0 Å². The van der Waals surface area contributed by atoms with Crippen LogP contribution in [0, 0.1) is 0 Å². The molecular weight excluding hydrogens is 452 g/mol. The first-order valence-electron chi connectivity index (χ1n) is 9.92. The van der Waals surface area contributed by atoms with Crippen LogP contribution in [0.15, 0.2) is 111 Å². The van der Waals surface area contributed by atoms with Gasteiger partial charge in [0.1, 0.15) is 23.0 Å². The molecule has 2 heterocycles. The predicted molar refractivity (Wildman–Crippen MR) is 127 cm³/mol. The Balaban J connectivity index is 1.71. The highest BCUT2D eigenvalue weighted by atomic mass is 79.9. The summed E-state index contributed by atoms with van der Waals surface area (Å²) in [5.74, 6) is 3.13. The lowest BCUT2D eigenvalue weighted by atomic mass is 9.99. The zero-order valence-corrected chi connectivity index (χ0v) is 18.4. The fourth-order valence-electron chi connectivity index (χ4n) is 3.65. The Morgan fingerprint density at radius 1 is 0.613 bits per heavy atom. The minimum absolute atomic E-state index is 0.662. The molecule has 0 amide bonds. The molecule has 0 bridgehead atoms. The molecule has 3 aromatic carbocycles. The van der Waals surface area contributed by atoms with Crippen LogP contribution in [0.3, 0.4) is 0 Å². The van der Waals surface area contributed by atoms with E-state index in [1.165, 1.54) is 0 Å². The number of rotatable bonds is 5. The predicted octanol–water partition coefficient (Wildman–Crippen LogP) is 8.31. The molecule has 0 N–H and O–H groups in total. The van der Waals surface area contributed by atoms with Gasteiger partial charge < -0.3 is 13.6 Å². The van der Waals surface area contributed by atoms with Crippen molar-refractivity contribution >= 4 is 15.9 Å². The van der Waals surface area contributed by atoms with Crippen LogP contribution in [-0.2, 0) is 0 Å². The minimum atomic E-state index is 0.662. The molecule has 0 saturated carbocycles. The average Bonchev–Trinajstić information content (AvgIpc) is 3.44. The molecule has 31 heavy (non-hydrogen) atoms. The molecule has 0 aliphatic rings. The Labute approximate surface area is 189 Å². The van der Waals surface area contributed by atoms with E-state index >= 15 is 0 Å². The van der Waals surface area contributed by atoms with Crippen molar-refractivity contribution in [3.8, 4) is 50.8 Å². The summed E-state index contributed by atoms with van der Waals surface area (Å²) in [7, 11) is 1.66. The average molecular weight is 471 g/mol. The molecule has 0 spiro atoms. The second-order valence-electron chi connectivity index (χ2n) is 7.11. The van der Waals surface area contributed by atoms with Gasteiger partial charge in [-0.25, -0.2) is 0 Å². The van der Waals surface area contributed by atoms with Gasteiger partial charge in [-0.05, 0) is 45.8 Å². The number of benzene rings is 3. The van der Waals surface area contributed by atoms with Gasteiger partial charge in [0.2, 0.25) is 0 Å². The first kappa shape index (κ1) is 19.5. The van der Waals surface area contributed by atoms with E-state index in [4.69, 9.17) is 13.6 Å². The molecule has 0 aliphatic heterocycles. The van der Waals surface area contributed by atoms with Crippen LogP contribution < -0.4 is 4.74 Å². The topological polar surface area (TPSA) is 35.5 Å². The summed E-state index contributed by atoms with van der Waals surface area (Å²) in [5, 5.41) is 0. The molecule has 2 aromatic heterocycles. The first-order valence-corrected chi connectivity index (χ1v) is 10.7. The van der Waals surface area contributed by atoms with Crippen LogP contribution in [0.4, 0.5) is 0 Å². The van der Waals surface area contributed by atoms with Gasteiger partial charge in [0, 0.05) is 16.7 Å². The van der Waals surface area contributed by atoms with Gasteiger partial charge in [-0.1, -0.05) is 72.8 Å². The Bertz CT molecular complexity index is 1300. The molecule has 0 fully saturated rings. The normalized spacial score (nSPS) is 10.9. The van der Waals surface area contributed by atoms with Gasteiger partial charge in [0.15, 0.2) is 4.67 Å². The number of halogens is 1. The molecule has 5 rings (SSSR count). The second kappa shape index (κ2) is 8.32. The number of hydrogen-bond acceptors (Lipinski definition) is 3. The summed E-state index contributed by atoms with van der Waals surface area (Å²) in [6, 6.07) is 32.2. The third-order valence-electron chi connectivity index (χ3n) is 5.17. The van der Waals surface area contributed by atoms with E-state index in [0.717, 1.165) is 50.8 Å². The van der Waals surface area contributed by atoms with E-state index in [9.17, 15) is 0 Å². The van der Waals surface area contributed by atoms with Crippen molar-refractivity contribution in [2.75, 3.05) is 7.11 Å². The van der Waals surface area contributed by atoms with E-state index in [0.29, 0.717) is 4.67 Å². The molecule has 0 unspecified atom stereocenters. The van der Waals surface area contributed by atoms with Crippen LogP contribution >= 0.6 is 15.9 Å². The minimum Gasteiger partial charge on any atom is -0.497 e. The number of methoxy groups -OCH3 is 1. The highest BCUT2D eigenvalue weighted by molar-refractivity contribution is 9.10. The maximum absolute atomic E-state index is 6.38. The standard InChI is InChI=1S/C27H19BrO3/c1-29-21-14-12-18(13-15-21)22-17-25(28)31-27(22)23-16-24(19-8-4-2-5-9-19)30-26(23)20-10-6-3-7-11-20/h2-17H,1H3. The summed E-state index contributed by atoms with van der Waals surface area (Å²) >= 11 is 3.52. The summed E-state index contributed by atoms with van der Waals surface area (Å²) in [6.45, 7) is 0. The third kappa shape index (κ3) is 3.82. The molecule has 152 valence electrons. The lowest BCUT2D eigenvalue weighted by molar-refractivity contribution is 0.415. The largest absolute Gasteiger partial charge is 0.497 e. The van der Waals surface area contributed by atoms with E-state index in [1.807, 2.05) is 91.0 Å². The monoisotopic (exact) mass is 470 g/mol. The Morgan fingerprint density at radius 3 is 1.90 bits per heavy atom. The molecule has 0 saturated heterocycles. The summed E-state index contributed by atoms with van der Waals surface area (Å²) in [6.07, 6.45) is 0. The molecule has 0 radical (unpaired) electrons. The van der Waals surface area contributed by atoms with Gasteiger partial charge in [0.05, 0.1) is 12.7 Å². The van der Waals surface area contributed by atoms with Gasteiger partial charge in [-0.2, -0.15) is 0 Å². The summed E-state index contributed by atoms with van der Waals surface area (Å²) < 4.78 is 18.5. The highest BCUT2D eigenvalue weighted by Crippen LogP contribution is 2.44. The summed E-state index contributed by atoms with van der Waals surface area (Å²) in [4.78, 5) is 0. The lowest BCUT2D eigenvalue weighted by Crippen LogP contribution is -1.84. The van der Waals surface area contributed by atoms with E-state index in [1.54, 1.807) is 7.11 Å². The quantitative estimate of drug-likeness (QED) is 0.259. The first-order chi connectivity index (χ1) is 15.2. The molecule has 0 aliphatic carbocycles. The van der Waals surface area contributed by atoms with Crippen molar-refractivity contribution in [1.82, 2.24) is 0 Å². The molecule has 0 atom stereocenters. The Hall–Kier alpha value is -3.50. The zero-order valence-electron chi connectivity index (χ0n) is 16.8. The van der Waals surface area contributed by atoms with Crippen molar-refractivity contribution in [3.63, 3.8) is 0 Å². The van der Waals surface area contributed by atoms with Crippen LogP contribution in [0.5, 0.6) is 5.75 Å². The van der Waals surface area contributed by atoms with Crippen molar-refractivity contribution in [2.45, 2.75) is 0 Å². The highest BCUT2D eigenvalue weighted by Gasteiger charge is 2.22. The smallest absolute Gasteiger partial charge is 0.170 e. The van der Waals surface area contributed by atoms with Gasteiger partial charge in [-0.15, -0.1) is 0 Å². The fourth-order valence-corrected chi connectivity index (χ4v) is 4.05. The van der Waals surface area contributed by atoms with Gasteiger partial charge >= 0.3 is 0 Å². The van der Waals surface area contributed by atoms with E-state index in [2.05, 4.69) is 22.0 Å². The number of ether oxygens (including phenoxy) is 1. The second-order valence-corrected chi connectivity index (χ2v) is 7.89. The SMILES string of the molecule is COc1ccc(-c2cc(Br)oc2-c2cc(-c3ccccc3)oc2-c2ccccc2)cc1. The number of furan rings is 2. The molecule has 4 heteroatoms. The fraction of sp³-hybridized carbons (Fsp3) is 0.0370. The maximum Gasteiger partial charge on any atom is 0.170 e. The van der Waals surface area contributed by atoms with E-state index < -0.39 is 0 Å². The third-order valence-corrected chi connectivity index (χ3v) is 5.56. The van der Waals surface area contributed by atoms with Crippen molar-refractivity contribution in [1.29, 1.82) is 0 Å². The molecular formula is C27H19BrO3. The van der Waals surface area contributed by atoms with Crippen LogP contribution in [0.25, 0.3) is 45.1 Å². The molecule has 5 aromatic rings. The maximum atomic E-state index is 6.38. The van der Waals surface area contributed by atoms with Crippen molar-refractivity contribution in [3.05, 3.63) is 102 Å². The molecule has 3 nitrogen and oxygen atoms in total. The Kier molecular flexibility index (Phi) is 5.23. The van der Waals surface area contributed by atoms with E-state index in [-0.39, 0.29) is 0 Å². The summed E-state index contributed by atoms with van der Waals surface area (Å²) in [5.41, 5.74) is 4.93. The van der Waals surface area contributed by atoms with Crippen molar-refractivity contribution < 1.29 is 13.6 Å². The van der Waals surface area contributed by atoms with Crippen LogP contribution in [0.1, 0.15) is 0 Å². The van der Waals surface area contributed by atoms with Crippen LogP contribution in [-0.4, -0.2) is 7.11 Å². The van der Waals surface area contributed by atoms with Crippen molar-refractivity contribution in [2.24, 2.45) is 0 Å². The van der Waals surface area contributed by atoms with Gasteiger partial charge in [-0.3, -0.25) is 0 Å². The van der Waals surface area contributed by atoms with Gasteiger partial charge in [0.25, 0.3) is 0 Å². The number of hydrogen-bond donors (Lipinski definition) is 0. The zero-order chi connectivity index (χ0) is 21.2.